The van der Waals surface area contributed by atoms with Crippen LogP contribution < -0.4 is 14.2 Å². The van der Waals surface area contributed by atoms with E-state index in [4.69, 9.17) is 23.7 Å². The van der Waals surface area contributed by atoms with Crippen molar-refractivity contribution in [1.29, 1.82) is 0 Å². The highest BCUT2D eigenvalue weighted by atomic mass is 19.4. The molecule has 2 fully saturated rings. The van der Waals surface area contributed by atoms with Gasteiger partial charge in [-0.1, -0.05) is 90.4 Å². The quantitative estimate of drug-likeness (QED) is 0.0219. The van der Waals surface area contributed by atoms with Gasteiger partial charge in [0, 0.05) is 6.42 Å². The summed E-state index contributed by atoms with van der Waals surface area (Å²) < 4.78 is 141. The van der Waals surface area contributed by atoms with Crippen LogP contribution in [0.5, 0.6) is 17.2 Å². The summed E-state index contributed by atoms with van der Waals surface area (Å²) in [5.74, 6) is -30.8. The van der Waals surface area contributed by atoms with E-state index in [1.54, 1.807) is 36.4 Å². The second kappa shape index (κ2) is 30.4. The Kier molecular flexibility index (Phi) is 25.3. The van der Waals surface area contributed by atoms with E-state index in [1.807, 2.05) is 0 Å². The molecule has 0 aromatic heterocycles. The minimum Gasteiger partial charge on any atom is -0.490 e. The number of benzene rings is 2. The van der Waals surface area contributed by atoms with E-state index in [1.165, 1.54) is 63.5 Å². The number of unbranched alkanes of at least 4 members (excludes halogenated alkanes) is 10. The van der Waals surface area contributed by atoms with Crippen LogP contribution in [0.2, 0.25) is 0 Å². The van der Waals surface area contributed by atoms with E-state index in [9.17, 15) is 63.9 Å². The Hall–Kier alpha value is -5.30. The third kappa shape index (κ3) is 18.7. The fourth-order valence-corrected chi connectivity index (χ4v) is 9.54. The molecule has 2 saturated carbocycles. The first-order valence-corrected chi connectivity index (χ1v) is 26.4. The summed E-state index contributed by atoms with van der Waals surface area (Å²) in [7, 11) is 0.168. The van der Waals surface area contributed by atoms with Crippen molar-refractivity contribution in [3.05, 3.63) is 54.1 Å². The second-order valence-electron chi connectivity index (χ2n) is 19.6. The van der Waals surface area contributed by atoms with E-state index in [0.717, 1.165) is 50.4 Å². The highest BCUT2D eigenvalue weighted by molar-refractivity contribution is 5.91. The van der Waals surface area contributed by atoms with E-state index in [2.05, 4.69) is 11.7 Å². The molecule has 420 valence electrons. The highest BCUT2D eigenvalue weighted by Gasteiger charge is 2.84. The molecule has 0 aliphatic heterocycles. The number of ketones is 1. The minimum absolute atomic E-state index is 0.00555. The predicted octanol–water partition coefficient (Wildman–Crippen LogP) is 13.4. The molecule has 0 amide bonds. The van der Waals surface area contributed by atoms with Gasteiger partial charge in [-0.2, -0.15) is 35.1 Å². The minimum atomic E-state index is -6.92. The molecule has 2 aliphatic rings. The predicted molar refractivity (Wildman–Crippen MR) is 258 cm³/mol. The van der Waals surface area contributed by atoms with Crippen molar-refractivity contribution in [2.75, 3.05) is 26.9 Å². The smallest absolute Gasteiger partial charge is 0.410 e. The largest absolute Gasteiger partial charge is 0.490 e. The third-order valence-electron chi connectivity index (χ3n) is 14.2. The molecule has 0 spiro atoms. The lowest BCUT2D eigenvalue weighted by molar-refractivity contribution is -0.350. The Bertz CT molecular complexity index is 2100. The van der Waals surface area contributed by atoms with Crippen LogP contribution in [0.1, 0.15) is 171 Å². The molecule has 2 aliphatic carbocycles. The standard InChI is InChI=1S/C55H72F8O12/c1-3-4-12-15-38-17-19-39(20-18-38)40-21-23-41(24-22-40)49(67)74-44-29-31-45(32-30-44)75-50(68)42-25-27-43(28-26-42)71-36-37-73-48(66)34-33-47(65)72-35-14-11-9-7-5-6-8-10-13-16-46(64)52(56,57)54(60,61)55(62,63)53(58,59)51(69)70-2/h25-32,38-41H,3-24,33-37H2,1-2H3. The lowest BCUT2D eigenvalue weighted by Gasteiger charge is -2.37. The highest BCUT2D eigenvalue weighted by Crippen LogP contribution is 2.53. The summed E-state index contributed by atoms with van der Waals surface area (Å²) in [5.41, 5.74) is 0.262. The number of ether oxygens (including phenoxy) is 6. The van der Waals surface area contributed by atoms with Crippen LogP contribution >= 0.6 is 0 Å². The first-order chi connectivity index (χ1) is 35.6. The Labute approximate surface area is 433 Å². The molecular formula is C55H72F8O12. The zero-order valence-electron chi connectivity index (χ0n) is 42.9. The molecule has 2 aromatic carbocycles. The fourth-order valence-electron chi connectivity index (χ4n) is 9.54. The lowest BCUT2D eigenvalue weighted by Crippen LogP contribution is -2.66. The second-order valence-corrected chi connectivity index (χ2v) is 19.6. The van der Waals surface area contributed by atoms with Crippen molar-refractivity contribution in [1.82, 2.24) is 0 Å². The van der Waals surface area contributed by atoms with Crippen molar-refractivity contribution >= 4 is 35.6 Å². The maximum absolute atomic E-state index is 14.0. The van der Waals surface area contributed by atoms with Crippen molar-refractivity contribution in [2.45, 2.75) is 185 Å². The van der Waals surface area contributed by atoms with E-state index >= 15 is 0 Å². The van der Waals surface area contributed by atoms with Crippen molar-refractivity contribution in [3.8, 4) is 17.2 Å². The number of hydrogen-bond donors (Lipinski definition) is 0. The van der Waals surface area contributed by atoms with Crippen molar-refractivity contribution in [2.24, 2.45) is 23.7 Å². The van der Waals surface area contributed by atoms with Crippen molar-refractivity contribution in [3.63, 3.8) is 0 Å². The van der Waals surface area contributed by atoms with Gasteiger partial charge in [-0.05, 0) is 118 Å². The molecule has 0 heterocycles. The van der Waals surface area contributed by atoms with Crippen molar-refractivity contribution < 1.29 is 92.3 Å². The molecule has 75 heavy (non-hydrogen) atoms. The number of carbonyl (C=O) groups is 6. The molecule has 2 aromatic rings. The summed E-state index contributed by atoms with van der Waals surface area (Å²) in [5, 5.41) is 0. The Balaban J connectivity index is 0.973. The molecule has 12 nitrogen and oxygen atoms in total. The van der Waals surface area contributed by atoms with Gasteiger partial charge in [-0.15, -0.1) is 0 Å². The van der Waals surface area contributed by atoms with E-state index in [-0.39, 0.29) is 75.8 Å². The zero-order valence-corrected chi connectivity index (χ0v) is 42.9. The fraction of sp³-hybridized carbons (Fsp3) is 0.673. The van der Waals surface area contributed by atoms with E-state index < -0.39 is 59.8 Å². The topological polar surface area (TPSA) is 158 Å². The number of esters is 5. The van der Waals surface area contributed by atoms with Gasteiger partial charge in [0.25, 0.3) is 0 Å². The average molecular weight is 1080 g/mol. The number of hydrogen-bond acceptors (Lipinski definition) is 12. The van der Waals surface area contributed by atoms with Crippen LogP contribution in [0.15, 0.2) is 48.5 Å². The van der Waals surface area contributed by atoms with Gasteiger partial charge >= 0.3 is 53.5 Å². The summed E-state index contributed by atoms with van der Waals surface area (Å²) in [6.45, 7) is 2.28. The first kappa shape index (κ1) is 62.2. The Morgan fingerprint density at radius 1 is 0.507 bits per heavy atom. The van der Waals surface area contributed by atoms with Gasteiger partial charge in [0.1, 0.15) is 30.5 Å². The van der Waals surface area contributed by atoms with Crippen LogP contribution in [-0.4, -0.2) is 86.3 Å². The summed E-state index contributed by atoms with van der Waals surface area (Å²) in [6, 6.07) is 12.5. The van der Waals surface area contributed by atoms with Gasteiger partial charge in [-0.25, -0.2) is 9.59 Å². The van der Waals surface area contributed by atoms with Crippen LogP contribution in [-0.2, 0) is 38.2 Å². The lowest BCUT2D eigenvalue weighted by atomic mass is 9.68. The average Bonchev–Trinajstić information content (AvgIpc) is 3.40. The number of alkyl halides is 8. The molecule has 0 radical (unpaired) electrons. The van der Waals surface area contributed by atoms with Crippen LogP contribution in [0.3, 0.4) is 0 Å². The number of carbonyl (C=O) groups excluding carboxylic acids is 6. The maximum Gasteiger partial charge on any atom is 0.410 e. The van der Waals surface area contributed by atoms with Crippen LogP contribution in [0.4, 0.5) is 35.1 Å². The van der Waals surface area contributed by atoms with Crippen LogP contribution in [0.25, 0.3) is 0 Å². The zero-order chi connectivity index (χ0) is 55.1. The molecule has 0 bridgehead atoms. The summed E-state index contributed by atoms with van der Waals surface area (Å²) >= 11 is 0. The van der Waals surface area contributed by atoms with Gasteiger partial charge < -0.3 is 28.4 Å². The molecule has 20 heteroatoms. The molecule has 4 rings (SSSR count). The van der Waals surface area contributed by atoms with Gasteiger partial charge in [-0.3, -0.25) is 19.2 Å². The SMILES string of the molecule is CCCCCC1CCC(C2CCC(C(=O)Oc3ccc(OC(=O)c4ccc(OCCOC(=O)CCC(=O)OCCCCCCCCCCCC(=O)C(F)(F)C(F)(F)C(F)(F)C(F)(F)C(=O)OC)cc4)cc3)CC2)CC1. The summed E-state index contributed by atoms with van der Waals surface area (Å²) in [6.07, 6.45) is 16.9. The van der Waals surface area contributed by atoms with Gasteiger partial charge in [0.2, 0.25) is 5.78 Å². The molecular weight excluding hydrogens is 1000 g/mol. The number of halogens is 8. The number of Topliss-reactive ketones (excluding diaryl/α,β-unsaturated/α-hetero) is 1. The van der Waals surface area contributed by atoms with Gasteiger partial charge in [0.15, 0.2) is 0 Å². The van der Waals surface area contributed by atoms with Gasteiger partial charge in [0.05, 0.1) is 38.0 Å². The normalized spacial score (nSPS) is 18.4. The van der Waals surface area contributed by atoms with Crippen LogP contribution in [0, 0.1) is 23.7 Å². The van der Waals surface area contributed by atoms with E-state index in [0.29, 0.717) is 49.5 Å². The Morgan fingerprint density at radius 2 is 0.987 bits per heavy atom. The first-order valence-electron chi connectivity index (χ1n) is 26.4. The third-order valence-corrected chi connectivity index (χ3v) is 14.2. The number of rotatable bonds is 33. The molecule has 0 atom stereocenters. The number of methoxy groups -OCH3 is 1. The maximum atomic E-state index is 14.0. The molecule has 0 saturated heterocycles. The molecule has 0 N–H and O–H groups in total. The molecule has 0 unspecified atom stereocenters. The monoisotopic (exact) mass is 1080 g/mol. The Morgan fingerprint density at radius 3 is 1.53 bits per heavy atom. The summed E-state index contributed by atoms with van der Waals surface area (Å²) in [4.78, 5) is 72.6.